The van der Waals surface area contributed by atoms with E-state index in [-0.39, 0.29) is 5.91 Å². The van der Waals surface area contributed by atoms with E-state index in [1.807, 2.05) is 0 Å². The van der Waals surface area contributed by atoms with Crippen LogP contribution in [0.4, 0.5) is 0 Å². The van der Waals surface area contributed by atoms with Crippen molar-refractivity contribution in [3.63, 3.8) is 0 Å². The van der Waals surface area contributed by atoms with E-state index >= 15 is 0 Å². The summed E-state index contributed by atoms with van der Waals surface area (Å²) in [5.41, 5.74) is 1.94. The van der Waals surface area contributed by atoms with Crippen LogP contribution < -0.4 is 5.32 Å². The number of furan rings is 1. The highest BCUT2D eigenvalue weighted by Gasteiger charge is 2.23. The van der Waals surface area contributed by atoms with Gasteiger partial charge in [-0.2, -0.15) is 0 Å². The second-order valence-electron chi connectivity index (χ2n) is 5.20. The van der Waals surface area contributed by atoms with Gasteiger partial charge in [-0.15, -0.1) is 0 Å². The van der Waals surface area contributed by atoms with Gasteiger partial charge in [0, 0.05) is 18.7 Å². The summed E-state index contributed by atoms with van der Waals surface area (Å²) in [5, 5.41) is 12.8. The highest BCUT2D eigenvalue weighted by atomic mass is 16.3. The Morgan fingerprint density at radius 2 is 2.32 bits per heavy atom. The minimum atomic E-state index is -0.440. The Balaban J connectivity index is 1.57. The maximum absolute atomic E-state index is 11.9. The minimum absolute atomic E-state index is 0.205. The molecule has 102 valence electrons. The third-order valence-corrected chi connectivity index (χ3v) is 3.90. The van der Waals surface area contributed by atoms with Crippen LogP contribution in [0.3, 0.4) is 0 Å². The molecule has 5 nitrogen and oxygen atoms in total. The van der Waals surface area contributed by atoms with E-state index in [4.69, 9.17) is 4.42 Å². The molecular weight excluding hydrogens is 244 g/mol. The zero-order valence-corrected chi connectivity index (χ0v) is 10.7. The summed E-state index contributed by atoms with van der Waals surface area (Å²) in [6.07, 6.45) is 5.63. The number of aliphatic hydroxyl groups is 1. The number of hydrogen-bond acceptors (Lipinski definition) is 3. The SMILES string of the molecule is O=C(NCC(O)C1CCCC1)c1cc2occc2[nH]1. The van der Waals surface area contributed by atoms with Crippen LogP contribution in [-0.4, -0.2) is 28.6 Å². The molecular formula is C14H18N2O3. The number of aliphatic hydroxyl groups excluding tert-OH is 1. The van der Waals surface area contributed by atoms with Gasteiger partial charge in [0.2, 0.25) is 0 Å². The number of carbonyl (C=O) groups is 1. The van der Waals surface area contributed by atoms with Crippen molar-refractivity contribution in [3.05, 3.63) is 24.1 Å². The van der Waals surface area contributed by atoms with Gasteiger partial charge in [-0.1, -0.05) is 12.8 Å². The fourth-order valence-corrected chi connectivity index (χ4v) is 2.77. The van der Waals surface area contributed by atoms with Crippen LogP contribution in [0.15, 0.2) is 22.8 Å². The summed E-state index contributed by atoms with van der Waals surface area (Å²) >= 11 is 0. The summed E-state index contributed by atoms with van der Waals surface area (Å²) < 4.78 is 5.19. The van der Waals surface area contributed by atoms with E-state index in [1.54, 1.807) is 18.4 Å². The van der Waals surface area contributed by atoms with Gasteiger partial charge in [-0.05, 0) is 18.8 Å². The van der Waals surface area contributed by atoms with Gasteiger partial charge in [0.1, 0.15) is 5.69 Å². The Labute approximate surface area is 111 Å². The third-order valence-electron chi connectivity index (χ3n) is 3.90. The van der Waals surface area contributed by atoms with Crippen molar-refractivity contribution < 1.29 is 14.3 Å². The summed E-state index contributed by atoms with van der Waals surface area (Å²) in [6, 6.07) is 3.45. The lowest BCUT2D eigenvalue weighted by atomic mass is 10.0. The number of aromatic amines is 1. The molecule has 19 heavy (non-hydrogen) atoms. The largest absolute Gasteiger partial charge is 0.463 e. The van der Waals surface area contributed by atoms with Crippen molar-refractivity contribution in [1.29, 1.82) is 0 Å². The van der Waals surface area contributed by atoms with Gasteiger partial charge >= 0.3 is 0 Å². The van der Waals surface area contributed by atoms with Gasteiger partial charge in [0.15, 0.2) is 5.58 Å². The van der Waals surface area contributed by atoms with E-state index < -0.39 is 6.10 Å². The Morgan fingerprint density at radius 1 is 1.53 bits per heavy atom. The first-order chi connectivity index (χ1) is 9.24. The number of rotatable bonds is 4. The molecule has 0 aromatic carbocycles. The van der Waals surface area contributed by atoms with Crippen molar-refractivity contribution in [1.82, 2.24) is 10.3 Å². The quantitative estimate of drug-likeness (QED) is 0.789. The van der Waals surface area contributed by atoms with Crippen LogP contribution >= 0.6 is 0 Å². The normalized spacial score (nSPS) is 17.9. The number of aromatic nitrogens is 1. The molecule has 0 aliphatic heterocycles. The number of amides is 1. The van der Waals surface area contributed by atoms with Crippen molar-refractivity contribution in [3.8, 4) is 0 Å². The van der Waals surface area contributed by atoms with E-state index in [9.17, 15) is 9.90 Å². The van der Waals surface area contributed by atoms with Gasteiger partial charge in [0.05, 0.1) is 17.9 Å². The third kappa shape index (κ3) is 2.51. The highest BCUT2D eigenvalue weighted by Crippen LogP contribution is 2.27. The Kier molecular flexibility index (Phi) is 3.29. The topological polar surface area (TPSA) is 78.3 Å². The number of H-pyrrole nitrogens is 1. The maximum Gasteiger partial charge on any atom is 0.267 e. The minimum Gasteiger partial charge on any atom is -0.463 e. The smallest absolute Gasteiger partial charge is 0.267 e. The lowest BCUT2D eigenvalue weighted by Gasteiger charge is -2.17. The van der Waals surface area contributed by atoms with Crippen LogP contribution in [0.5, 0.6) is 0 Å². The predicted molar refractivity (Wildman–Crippen MR) is 70.9 cm³/mol. The zero-order chi connectivity index (χ0) is 13.2. The molecule has 2 aromatic heterocycles. The number of nitrogens with one attached hydrogen (secondary N) is 2. The van der Waals surface area contributed by atoms with E-state index in [2.05, 4.69) is 10.3 Å². The lowest BCUT2D eigenvalue weighted by molar-refractivity contribution is 0.0837. The Bertz CT molecular complexity index is 538. The Hall–Kier alpha value is -1.75. The van der Waals surface area contributed by atoms with Crippen molar-refractivity contribution in [2.45, 2.75) is 31.8 Å². The molecule has 0 radical (unpaired) electrons. The first kappa shape index (κ1) is 12.3. The molecule has 0 saturated heterocycles. The summed E-state index contributed by atoms with van der Waals surface area (Å²) in [7, 11) is 0. The molecule has 1 fully saturated rings. The molecule has 0 bridgehead atoms. The maximum atomic E-state index is 11.9. The van der Waals surface area contributed by atoms with Gasteiger partial charge in [0.25, 0.3) is 5.91 Å². The van der Waals surface area contributed by atoms with Crippen molar-refractivity contribution in [2.24, 2.45) is 5.92 Å². The average molecular weight is 262 g/mol. The molecule has 1 unspecified atom stereocenters. The van der Waals surface area contributed by atoms with Crippen LogP contribution in [0.25, 0.3) is 11.1 Å². The molecule has 3 rings (SSSR count). The molecule has 1 amide bonds. The average Bonchev–Trinajstić information content (AvgIpc) is 3.09. The number of fused-ring (bicyclic) bond motifs is 1. The monoisotopic (exact) mass is 262 g/mol. The predicted octanol–water partition coefficient (Wildman–Crippen LogP) is 2.04. The standard InChI is InChI=1S/C14H18N2O3/c17-12(9-3-1-2-4-9)8-15-14(18)11-7-13-10(16-11)5-6-19-13/h5-7,9,12,16-17H,1-4,8H2,(H,15,18). The van der Waals surface area contributed by atoms with Crippen molar-refractivity contribution in [2.75, 3.05) is 6.54 Å². The fourth-order valence-electron chi connectivity index (χ4n) is 2.77. The van der Waals surface area contributed by atoms with E-state index in [1.165, 1.54) is 12.8 Å². The molecule has 5 heteroatoms. The van der Waals surface area contributed by atoms with Gasteiger partial charge < -0.3 is 19.8 Å². The molecule has 1 aliphatic rings. The van der Waals surface area contributed by atoms with Crippen LogP contribution in [0, 0.1) is 5.92 Å². The number of hydrogen-bond donors (Lipinski definition) is 3. The molecule has 0 spiro atoms. The summed E-state index contributed by atoms with van der Waals surface area (Å²) in [4.78, 5) is 14.9. The van der Waals surface area contributed by atoms with Gasteiger partial charge in [-0.25, -0.2) is 0 Å². The molecule has 2 aromatic rings. The zero-order valence-electron chi connectivity index (χ0n) is 10.7. The Morgan fingerprint density at radius 3 is 3.05 bits per heavy atom. The van der Waals surface area contributed by atoms with E-state index in [0.717, 1.165) is 18.4 Å². The van der Waals surface area contributed by atoms with Crippen molar-refractivity contribution >= 4 is 17.0 Å². The lowest BCUT2D eigenvalue weighted by Crippen LogP contribution is -2.35. The molecule has 2 heterocycles. The molecule has 1 aliphatic carbocycles. The molecule has 1 saturated carbocycles. The first-order valence-electron chi connectivity index (χ1n) is 6.76. The summed E-state index contributed by atoms with van der Waals surface area (Å²) in [6.45, 7) is 0.309. The summed E-state index contributed by atoms with van der Waals surface area (Å²) in [5.74, 6) is 0.128. The second-order valence-corrected chi connectivity index (χ2v) is 5.20. The fraction of sp³-hybridized carbons (Fsp3) is 0.500. The first-order valence-corrected chi connectivity index (χ1v) is 6.76. The molecule has 1 atom stereocenters. The van der Waals surface area contributed by atoms with Crippen LogP contribution in [-0.2, 0) is 0 Å². The van der Waals surface area contributed by atoms with Crippen LogP contribution in [0.1, 0.15) is 36.2 Å². The van der Waals surface area contributed by atoms with Gasteiger partial charge in [-0.3, -0.25) is 4.79 Å². The number of carbonyl (C=O) groups excluding carboxylic acids is 1. The molecule has 3 N–H and O–H groups in total. The van der Waals surface area contributed by atoms with E-state index in [0.29, 0.717) is 23.7 Å². The second kappa shape index (κ2) is 5.09. The highest BCUT2D eigenvalue weighted by molar-refractivity contribution is 5.96. The van der Waals surface area contributed by atoms with Crippen LogP contribution in [0.2, 0.25) is 0 Å².